The Balaban J connectivity index is 2.86. The van der Waals surface area contributed by atoms with Crippen LogP contribution in [0.5, 0.6) is 0 Å². The van der Waals surface area contributed by atoms with Crippen LogP contribution < -0.4 is 5.32 Å². The van der Waals surface area contributed by atoms with Gasteiger partial charge in [0.1, 0.15) is 11.6 Å². The highest BCUT2D eigenvalue weighted by Gasteiger charge is 2.03. The summed E-state index contributed by atoms with van der Waals surface area (Å²) in [4.78, 5) is 8.68. The minimum Gasteiger partial charge on any atom is -0.373 e. The number of nitrogens with one attached hydrogen (secondary N) is 1. The number of hydrogen-bond acceptors (Lipinski definition) is 3. The Bertz CT molecular complexity index is 281. The van der Waals surface area contributed by atoms with Crippen molar-refractivity contribution in [3.05, 3.63) is 17.6 Å². The van der Waals surface area contributed by atoms with Gasteiger partial charge in [0.05, 0.1) is 0 Å². The van der Waals surface area contributed by atoms with E-state index in [9.17, 15) is 0 Å². The number of rotatable bonds is 3. The second kappa shape index (κ2) is 4.21. The summed E-state index contributed by atoms with van der Waals surface area (Å²) < 4.78 is 0. The molecular formula is C10H17N3. The van der Waals surface area contributed by atoms with E-state index in [1.54, 1.807) is 0 Å². The van der Waals surface area contributed by atoms with Gasteiger partial charge in [-0.15, -0.1) is 0 Å². The lowest BCUT2D eigenvalue weighted by molar-refractivity contribution is 0.620. The lowest BCUT2D eigenvalue weighted by atomic mass is 10.1. The molecule has 0 atom stereocenters. The lowest BCUT2D eigenvalue weighted by Crippen LogP contribution is -2.04. The van der Waals surface area contributed by atoms with Crippen molar-refractivity contribution >= 4 is 5.82 Å². The number of hydrogen-bond donors (Lipinski definition) is 1. The molecule has 1 rings (SSSR count). The highest BCUT2D eigenvalue weighted by Crippen LogP contribution is 2.10. The van der Waals surface area contributed by atoms with Gasteiger partial charge >= 0.3 is 0 Å². The fourth-order valence-corrected chi connectivity index (χ4v) is 1.20. The maximum Gasteiger partial charge on any atom is 0.132 e. The molecule has 13 heavy (non-hydrogen) atoms. The zero-order chi connectivity index (χ0) is 9.84. The SMILES string of the molecule is CNc1nc(CC(C)C)ncc1C. The summed E-state index contributed by atoms with van der Waals surface area (Å²) in [5, 5.41) is 3.06. The Morgan fingerprint density at radius 2 is 2.15 bits per heavy atom. The average Bonchev–Trinajstić information content (AvgIpc) is 2.07. The van der Waals surface area contributed by atoms with Gasteiger partial charge < -0.3 is 5.32 Å². The molecule has 0 unspecified atom stereocenters. The molecule has 0 aromatic carbocycles. The summed E-state index contributed by atoms with van der Waals surface area (Å²) in [6.07, 6.45) is 2.81. The van der Waals surface area contributed by atoms with Crippen LogP contribution in [-0.2, 0) is 6.42 Å². The van der Waals surface area contributed by atoms with Gasteiger partial charge in [-0.05, 0) is 12.8 Å². The second-order valence-electron chi connectivity index (χ2n) is 3.67. The molecule has 0 saturated carbocycles. The summed E-state index contributed by atoms with van der Waals surface area (Å²) in [7, 11) is 1.88. The molecule has 0 radical (unpaired) electrons. The third-order valence-corrected chi connectivity index (χ3v) is 1.85. The first-order valence-corrected chi connectivity index (χ1v) is 4.63. The maximum atomic E-state index is 4.41. The number of anilines is 1. The first-order valence-electron chi connectivity index (χ1n) is 4.63. The molecule has 0 fully saturated rings. The monoisotopic (exact) mass is 179 g/mol. The first-order chi connectivity index (χ1) is 6.13. The van der Waals surface area contributed by atoms with E-state index in [4.69, 9.17) is 0 Å². The normalized spacial score (nSPS) is 10.5. The molecule has 0 saturated heterocycles. The molecule has 3 heteroatoms. The summed E-state index contributed by atoms with van der Waals surface area (Å²) in [5.74, 6) is 2.46. The van der Waals surface area contributed by atoms with E-state index in [1.165, 1.54) is 0 Å². The molecule has 0 aliphatic rings. The molecule has 1 aromatic rings. The number of aromatic nitrogens is 2. The van der Waals surface area contributed by atoms with E-state index in [-0.39, 0.29) is 0 Å². The van der Waals surface area contributed by atoms with Crippen molar-refractivity contribution in [3.63, 3.8) is 0 Å². The van der Waals surface area contributed by atoms with Crippen LogP contribution in [0.25, 0.3) is 0 Å². The Kier molecular flexibility index (Phi) is 3.23. The maximum absolute atomic E-state index is 4.41. The Hall–Kier alpha value is -1.12. The molecule has 1 heterocycles. The predicted molar refractivity (Wildman–Crippen MR) is 54.9 cm³/mol. The van der Waals surface area contributed by atoms with Crippen molar-refractivity contribution in [2.75, 3.05) is 12.4 Å². The van der Waals surface area contributed by atoms with Crippen LogP contribution in [0, 0.1) is 12.8 Å². The standard InChI is InChI=1S/C10H17N3/c1-7(2)5-9-12-6-8(3)10(11-4)13-9/h6-7H,5H2,1-4H3,(H,11,12,13). The van der Waals surface area contributed by atoms with Gasteiger partial charge in [0.15, 0.2) is 0 Å². The smallest absolute Gasteiger partial charge is 0.132 e. The first kappa shape index (κ1) is 9.96. The van der Waals surface area contributed by atoms with Crippen molar-refractivity contribution in [3.8, 4) is 0 Å². The van der Waals surface area contributed by atoms with E-state index < -0.39 is 0 Å². The molecule has 3 nitrogen and oxygen atoms in total. The zero-order valence-electron chi connectivity index (χ0n) is 8.76. The molecule has 0 bridgehead atoms. The quantitative estimate of drug-likeness (QED) is 0.771. The lowest BCUT2D eigenvalue weighted by Gasteiger charge is -2.07. The predicted octanol–water partition coefficient (Wildman–Crippen LogP) is 2.03. The number of aryl methyl sites for hydroxylation is 1. The van der Waals surface area contributed by atoms with Crippen molar-refractivity contribution in [2.45, 2.75) is 27.2 Å². The highest BCUT2D eigenvalue weighted by atomic mass is 15.0. The van der Waals surface area contributed by atoms with Crippen molar-refractivity contribution < 1.29 is 0 Å². The van der Waals surface area contributed by atoms with E-state index in [1.807, 2.05) is 20.2 Å². The molecule has 1 aromatic heterocycles. The van der Waals surface area contributed by atoms with Crippen LogP contribution >= 0.6 is 0 Å². The van der Waals surface area contributed by atoms with E-state index >= 15 is 0 Å². The van der Waals surface area contributed by atoms with E-state index in [0.29, 0.717) is 5.92 Å². The van der Waals surface area contributed by atoms with Gasteiger partial charge in [0, 0.05) is 25.2 Å². The summed E-state index contributed by atoms with van der Waals surface area (Å²) in [5.41, 5.74) is 1.09. The Morgan fingerprint density at radius 3 is 2.69 bits per heavy atom. The average molecular weight is 179 g/mol. The minimum atomic E-state index is 0.604. The highest BCUT2D eigenvalue weighted by molar-refractivity contribution is 5.40. The molecule has 0 aliphatic heterocycles. The van der Waals surface area contributed by atoms with Crippen LogP contribution in [0.15, 0.2) is 6.20 Å². The molecule has 72 valence electrons. The fraction of sp³-hybridized carbons (Fsp3) is 0.600. The molecule has 1 N–H and O–H groups in total. The van der Waals surface area contributed by atoms with Crippen LogP contribution in [0.4, 0.5) is 5.82 Å². The summed E-state index contributed by atoms with van der Waals surface area (Å²) >= 11 is 0. The van der Waals surface area contributed by atoms with Gasteiger partial charge in [-0.2, -0.15) is 0 Å². The number of nitrogens with zero attached hydrogens (tertiary/aromatic N) is 2. The van der Waals surface area contributed by atoms with Gasteiger partial charge in [-0.1, -0.05) is 13.8 Å². The van der Waals surface area contributed by atoms with Crippen molar-refractivity contribution in [2.24, 2.45) is 5.92 Å². The Morgan fingerprint density at radius 1 is 1.46 bits per heavy atom. The summed E-state index contributed by atoms with van der Waals surface area (Å²) in [6, 6.07) is 0. The molecule has 0 aliphatic carbocycles. The van der Waals surface area contributed by atoms with Crippen LogP contribution in [-0.4, -0.2) is 17.0 Å². The zero-order valence-corrected chi connectivity index (χ0v) is 8.76. The van der Waals surface area contributed by atoms with Crippen LogP contribution in [0.2, 0.25) is 0 Å². The van der Waals surface area contributed by atoms with Gasteiger partial charge in [-0.25, -0.2) is 9.97 Å². The largest absolute Gasteiger partial charge is 0.373 e. The minimum absolute atomic E-state index is 0.604. The van der Waals surface area contributed by atoms with Crippen LogP contribution in [0.3, 0.4) is 0 Å². The van der Waals surface area contributed by atoms with Gasteiger partial charge in [-0.3, -0.25) is 0 Å². The third-order valence-electron chi connectivity index (χ3n) is 1.85. The topological polar surface area (TPSA) is 37.8 Å². The van der Waals surface area contributed by atoms with Gasteiger partial charge in [0.25, 0.3) is 0 Å². The van der Waals surface area contributed by atoms with E-state index in [2.05, 4.69) is 29.1 Å². The molecule has 0 amide bonds. The van der Waals surface area contributed by atoms with Crippen molar-refractivity contribution in [1.82, 2.24) is 9.97 Å². The second-order valence-corrected chi connectivity index (χ2v) is 3.67. The molecule has 0 spiro atoms. The Labute approximate surface area is 79.6 Å². The fourth-order valence-electron chi connectivity index (χ4n) is 1.20. The van der Waals surface area contributed by atoms with Gasteiger partial charge in [0.2, 0.25) is 0 Å². The van der Waals surface area contributed by atoms with Crippen molar-refractivity contribution in [1.29, 1.82) is 0 Å². The third kappa shape index (κ3) is 2.68. The van der Waals surface area contributed by atoms with E-state index in [0.717, 1.165) is 23.6 Å². The summed E-state index contributed by atoms with van der Waals surface area (Å²) in [6.45, 7) is 6.34. The molecular weight excluding hydrogens is 162 g/mol. The van der Waals surface area contributed by atoms with Crippen LogP contribution in [0.1, 0.15) is 25.2 Å².